The molecule has 0 aliphatic carbocycles. The fourth-order valence-corrected chi connectivity index (χ4v) is 8.32. The molecule has 0 fully saturated rings. The van der Waals surface area contributed by atoms with Crippen molar-refractivity contribution in [2.45, 2.75) is 302 Å². The maximum absolute atomic E-state index is 12.5. The van der Waals surface area contributed by atoms with Crippen LogP contribution in [0.2, 0.25) is 0 Å². The van der Waals surface area contributed by atoms with Crippen molar-refractivity contribution in [2.75, 3.05) is 6.61 Å². The van der Waals surface area contributed by atoms with Crippen LogP contribution in [0.5, 0.6) is 0 Å². The average molecular weight is 854 g/mol. The van der Waals surface area contributed by atoms with Gasteiger partial charge < -0.3 is 15.5 Å². The van der Waals surface area contributed by atoms with Crippen molar-refractivity contribution < 1.29 is 15.0 Å². The van der Waals surface area contributed by atoms with Crippen LogP contribution in [-0.4, -0.2) is 34.9 Å². The Morgan fingerprint density at radius 3 is 0.951 bits per heavy atom. The molecule has 0 saturated carbocycles. The SMILES string of the molecule is CCCCCCCCCCCCCC/C=C\CCCCCCCCCCCCCC(=O)NC(CO)C(O)/C=C/CC/C=C/CC/C=C/CCCCCCCCCCCCCC. The highest BCUT2D eigenvalue weighted by Crippen LogP contribution is 2.16. The van der Waals surface area contributed by atoms with E-state index in [0.717, 1.165) is 38.5 Å². The van der Waals surface area contributed by atoms with Crippen molar-refractivity contribution >= 4 is 5.91 Å². The predicted molar refractivity (Wildman–Crippen MR) is 271 cm³/mol. The summed E-state index contributed by atoms with van der Waals surface area (Å²) in [5, 5.41) is 23.1. The highest BCUT2D eigenvalue weighted by molar-refractivity contribution is 5.76. The monoisotopic (exact) mass is 854 g/mol. The summed E-state index contributed by atoms with van der Waals surface area (Å²) in [6.07, 6.45) is 72.7. The summed E-state index contributed by atoms with van der Waals surface area (Å²) in [5.41, 5.74) is 0. The van der Waals surface area contributed by atoms with E-state index in [1.165, 1.54) is 231 Å². The topological polar surface area (TPSA) is 69.6 Å². The molecule has 0 aromatic heterocycles. The number of carbonyl (C=O) groups is 1. The minimum Gasteiger partial charge on any atom is -0.394 e. The molecular weight excluding hydrogens is 747 g/mol. The molecule has 0 aliphatic heterocycles. The van der Waals surface area contributed by atoms with Gasteiger partial charge in [-0.15, -0.1) is 0 Å². The van der Waals surface area contributed by atoms with Crippen LogP contribution < -0.4 is 5.32 Å². The molecule has 0 aromatic rings. The average Bonchev–Trinajstić information content (AvgIpc) is 3.26. The maximum Gasteiger partial charge on any atom is 0.220 e. The van der Waals surface area contributed by atoms with Crippen LogP contribution in [0.3, 0.4) is 0 Å². The molecule has 2 atom stereocenters. The van der Waals surface area contributed by atoms with Gasteiger partial charge >= 0.3 is 0 Å². The zero-order valence-electron chi connectivity index (χ0n) is 41.2. The second-order valence-corrected chi connectivity index (χ2v) is 18.6. The summed E-state index contributed by atoms with van der Waals surface area (Å²) in [4.78, 5) is 12.5. The van der Waals surface area contributed by atoms with Crippen molar-refractivity contribution in [3.05, 3.63) is 48.6 Å². The molecule has 0 aliphatic rings. The molecule has 0 bridgehead atoms. The van der Waals surface area contributed by atoms with Crippen molar-refractivity contribution in [1.82, 2.24) is 5.32 Å². The van der Waals surface area contributed by atoms with E-state index in [-0.39, 0.29) is 12.5 Å². The van der Waals surface area contributed by atoms with Crippen LogP contribution in [0.4, 0.5) is 0 Å². The zero-order valence-corrected chi connectivity index (χ0v) is 41.2. The van der Waals surface area contributed by atoms with Crippen LogP contribution >= 0.6 is 0 Å². The van der Waals surface area contributed by atoms with Gasteiger partial charge in [0.25, 0.3) is 0 Å². The summed E-state index contributed by atoms with van der Waals surface area (Å²) in [6, 6.07) is -0.647. The van der Waals surface area contributed by atoms with Gasteiger partial charge in [-0.1, -0.05) is 262 Å². The molecule has 4 nitrogen and oxygen atoms in total. The van der Waals surface area contributed by atoms with Gasteiger partial charge in [-0.2, -0.15) is 0 Å². The number of unbranched alkanes of at least 4 members (excludes halogenated alkanes) is 37. The highest BCUT2D eigenvalue weighted by Gasteiger charge is 2.18. The number of aliphatic hydroxyl groups is 2. The van der Waals surface area contributed by atoms with Crippen LogP contribution in [0.1, 0.15) is 290 Å². The van der Waals surface area contributed by atoms with E-state index in [2.05, 4.69) is 55.6 Å². The number of hydrogen-bond donors (Lipinski definition) is 3. The van der Waals surface area contributed by atoms with Gasteiger partial charge in [-0.05, 0) is 70.6 Å². The molecular formula is C57H107NO3. The molecule has 0 heterocycles. The Hall–Kier alpha value is -1.65. The Kier molecular flexibility index (Phi) is 51.3. The fourth-order valence-electron chi connectivity index (χ4n) is 8.32. The second-order valence-electron chi connectivity index (χ2n) is 18.6. The number of nitrogens with one attached hydrogen (secondary N) is 1. The third-order valence-corrected chi connectivity index (χ3v) is 12.5. The predicted octanol–water partition coefficient (Wildman–Crippen LogP) is 17.9. The lowest BCUT2D eigenvalue weighted by Crippen LogP contribution is -2.45. The Bertz CT molecular complexity index is 970. The minimum absolute atomic E-state index is 0.0763. The van der Waals surface area contributed by atoms with Crippen molar-refractivity contribution in [1.29, 1.82) is 0 Å². The second kappa shape index (κ2) is 52.7. The first kappa shape index (κ1) is 59.4. The maximum atomic E-state index is 12.5. The van der Waals surface area contributed by atoms with Gasteiger partial charge in [0.2, 0.25) is 5.91 Å². The van der Waals surface area contributed by atoms with Gasteiger partial charge in [-0.3, -0.25) is 4.79 Å². The molecule has 0 rings (SSSR count). The number of amides is 1. The van der Waals surface area contributed by atoms with Crippen molar-refractivity contribution in [3.63, 3.8) is 0 Å². The van der Waals surface area contributed by atoms with Gasteiger partial charge in [0.1, 0.15) is 0 Å². The molecule has 2 unspecified atom stereocenters. The smallest absolute Gasteiger partial charge is 0.220 e. The number of carbonyl (C=O) groups excluding carboxylic acids is 1. The molecule has 0 saturated heterocycles. The lowest BCUT2D eigenvalue weighted by molar-refractivity contribution is -0.123. The lowest BCUT2D eigenvalue weighted by Gasteiger charge is -2.19. The third kappa shape index (κ3) is 49.2. The van der Waals surface area contributed by atoms with Crippen molar-refractivity contribution in [2.24, 2.45) is 0 Å². The largest absolute Gasteiger partial charge is 0.394 e. The summed E-state index contributed by atoms with van der Waals surface area (Å²) in [5.74, 6) is -0.0763. The molecule has 0 aromatic carbocycles. The molecule has 0 radical (unpaired) electrons. The zero-order chi connectivity index (χ0) is 44.2. The van der Waals surface area contributed by atoms with Crippen LogP contribution in [0.15, 0.2) is 48.6 Å². The summed E-state index contributed by atoms with van der Waals surface area (Å²) >= 11 is 0. The standard InChI is InChI=1S/C57H107NO3/c1-3-5-7-9-11-13-15-17-19-21-23-25-27-28-29-30-31-33-35-37-39-41-43-45-47-49-51-53-57(61)58-55(54-59)56(60)52-50-48-46-44-42-40-38-36-34-32-26-24-22-20-18-16-14-12-10-8-6-4-2/h28-29,34,36,42,44,50,52,55-56,59-60H,3-27,30-33,35,37-41,43,45-49,51,53-54H2,1-2H3,(H,58,61)/b29-28-,36-34+,44-42+,52-50+. The van der Waals surface area contributed by atoms with E-state index in [4.69, 9.17) is 0 Å². The first-order chi connectivity index (χ1) is 30.2. The number of rotatable bonds is 50. The van der Waals surface area contributed by atoms with E-state index in [9.17, 15) is 15.0 Å². The third-order valence-electron chi connectivity index (χ3n) is 12.5. The minimum atomic E-state index is -0.871. The summed E-state index contributed by atoms with van der Waals surface area (Å²) < 4.78 is 0. The fraction of sp³-hybridized carbons (Fsp3) is 0.842. The number of allylic oxidation sites excluding steroid dienone is 7. The van der Waals surface area contributed by atoms with E-state index >= 15 is 0 Å². The Morgan fingerprint density at radius 2 is 0.639 bits per heavy atom. The molecule has 61 heavy (non-hydrogen) atoms. The molecule has 4 heteroatoms. The highest BCUT2D eigenvalue weighted by atomic mass is 16.3. The summed E-state index contributed by atoms with van der Waals surface area (Å²) in [6.45, 7) is 4.32. The Morgan fingerprint density at radius 1 is 0.377 bits per heavy atom. The Labute approximate surface area is 382 Å². The Balaban J connectivity index is 3.55. The quantitative estimate of drug-likeness (QED) is 0.0422. The van der Waals surface area contributed by atoms with E-state index in [1.807, 2.05) is 6.08 Å². The van der Waals surface area contributed by atoms with E-state index in [1.54, 1.807) is 6.08 Å². The van der Waals surface area contributed by atoms with Gasteiger partial charge in [0.05, 0.1) is 18.8 Å². The lowest BCUT2D eigenvalue weighted by atomic mass is 10.0. The summed E-state index contributed by atoms with van der Waals surface area (Å²) in [7, 11) is 0. The molecule has 358 valence electrons. The van der Waals surface area contributed by atoms with Crippen molar-refractivity contribution in [3.8, 4) is 0 Å². The first-order valence-electron chi connectivity index (χ1n) is 27.4. The van der Waals surface area contributed by atoms with E-state index in [0.29, 0.717) is 6.42 Å². The van der Waals surface area contributed by atoms with Crippen LogP contribution in [0, 0.1) is 0 Å². The molecule has 1 amide bonds. The molecule has 0 spiro atoms. The van der Waals surface area contributed by atoms with Gasteiger partial charge in [-0.25, -0.2) is 0 Å². The van der Waals surface area contributed by atoms with Gasteiger partial charge in [0.15, 0.2) is 0 Å². The van der Waals surface area contributed by atoms with Gasteiger partial charge in [0, 0.05) is 6.42 Å². The van der Waals surface area contributed by atoms with Crippen LogP contribution in [-0.2, 0) is 4.79 Å². The number of hydrogen-bond acceptors (Lipinski definition) is 3. The normalized spacial score (nSPS) is 13.2. The number of aliphatic hydroxyl groups excluding tert-OH is 2. The first-order valence-corrected chi connectivity index (χ1v) is 27.4. The van der Waals surface area contributed by atoms with E-state index < -0.39 is 12.1 Å². The van der Waals surface area contributed by atoms with Crippen LogP contribution in [0.25, 0.3) is 0 Å². The molecule has 3 N–H and O–H groups in total.